The number of imidazole rings is 1. The molecule has 210 valence electrons. The van der Waals surface area contributed by atoms with Gasteiger partial charge in [-0.25, -0.2) is 15.0 Å². The number of hydrogen-bond acceptors (Lipinski definition) is 10. The monoisotopic (exact) mass is 549 g/mol. The van der Waals surface area contributed by atoms with Crippen molar-refractivity contribution in [1.29, 1.82) is 0 Å². The summed E-state index contributed by atoms with van der Waals surface area (Å²) in [5.74, 6) is 0.0952. The van der Waals surface area contributed by atoms with Crippen LogP contribution in [0.25, 0.3) is 22.3 Å². The zero-order valence-corrected chi connectivity index (χ0v) is 22.1. The van der Waals surface area contributed by atoms with Crippen LogP contribution in [0.2, 0.25) is 0 Å². The third kappa shape index (κ3) is 7.05. The highest BCUT2D eigenvalue weighted by Gasteiger charge is 2.21. The topological polar surface area (TPSA) is 201 Å². The van der Waals surface area contributed by atoms with Gasteiger partial charge in [0.1, 0.15) is 11.2 Å². The molecule has 14 heteroatoms. The van der Waals surface area contributed by atoms with Crippen LogP contribution in [0.5, 0.6) is 0 Å². The quantitative estimate of drug-likeness (QED) is 0.211. The number of nitrogens with two attached hydrogens (primary N) is 1. The van der Waals surface area contributed by atoms with Gasteiger partial charge in [0.15, 0.2) is 17.3 Å². The fourth-order valence-corrected chi connectivity index (χ4v) is 4.30. The summed E-state index contributed by atoms with van der Waals surface area (Å²) in [5, 5.41) is 20.1. The maximum atomic E-state index is 12.3. The number of primary amides is 1. The Kier molecular flexibility index (Phi) is 10.4. The first kappa shape index (κ1) is 29.4. The fourth-order valence-electron chi connectivity index (χ4n) is 4.30. The third-order valence-corrected chi connectivity index (χ3v) is 6.08. The summed E-state index contributed by atoms with van der Waals surface area (Å²) in [6, 6.07) is 8.12. The van der Waals surface area contributed by atoms with Gasteiger partial charge in [-0.1, -0.05) is 12.1 Å². The maximum Gasteiger partial charge on any atom is 0.290 e. The van der Waals surface area contributed by atoms with Gasteiger partial charge in [-0.3, -0.25) is 24.3 Å². The second-order valence-corrected chi connectivity index (χ2v) is 8.66. The number of carbonyl (C=O) groups excluding carboxylic acids is 1. The molecule has 1 saturated heterocycles. The molecule has 0 atom stereocenters. The molecule has 0 radical (unpaired) electrons. The lowest BCUT2D eigenvalue weighted by atomic mass is 10.1. The number of carboxylic acid groups (broad SMARTS) is 2. The highest BCUT2D eigenvalue weighted by molar-refractivity contribution is 5.99. The zero-order chi connectivity index (χ0) is 29.1. The van der Waals surface area contributed by atoms with Gasteiger partial charge in [0.05, 0.1) is 23.6 Å². The van der Waals surface area contributed by atoms with E-state index in [0.717, 1.165) is 30.8 Å². The van der Waals surface area contributed by atoms with Crippen LogP contribution in [0.1, 0.15) is 28.9 Å². The minimum absolute atomic E-state index is 0.0445. The van der Waals surface area contributed by atoms with Crippen LogP contribution in [0.3, 0.4) is 0 Å². The van der Waals surface area contributed by atoms with Crippen LogP contribution in [0.4, 0.5) is 17.3 Å². The fraction of sp³-hybridized carbons (Fsp3) is 0.269. The van der Waals surface area contributed by atoms with Crippen LogP contribution in [-0.2, 0) is 23.2 Å². The number of likely N-dealkylation sites (tertiary alicyclic amines) is 1. The smallest absolute Gasteiger partial charge is 0.290 e. The Hall–Kier alpha value is -5.11. The van der Waals surface area contributed by atoms with Crippen molar-refractivity contribution in [2.24, 2.45) is 12.8 Å². The number of benzene rings is 1. The minimum Gasteiger partial charge on any atom is -0.483 e. The van der Waals surface area contributed by atoms with Crippen molar-refractivity contribution in [2.75, 3.05) is 30.8 Å². The molecule has 1 aliphatic rings. The predicted molar refractivity (Wildman–Crippen MR) is 149 cm³/mol. The summed E-state index contributed by atoms with van der Waals surface area (Å²) in [4.78, 5) is 49.5. The van der Waals surface area contributed by atoms with Crippen molar-refractivity contribution < 1.29 is 24.6 Å². The number of rotatable bonds is 7. The van der Waals surface area contributed by atoms with E-state index in [1.807, 2.05) is 23.7 Å². The van der Waals surface area contributed by atoms with Gasteiger partial charge >= 0.3 is 0 Å². The van der Waals surface area contributed by atoms with E-state index in [0.29, 0.717) is 22.6 Å². The van der Waals surface area contributed by atoms with Crippen molar-refractivity contribution in [3.8, 4) is 11.3 Å². The maximum absolute atomic E-state index is 12.3. The van der Waals surface area contributed by atoms with Crippen LogP contribution in [-0.4, -0.2) is 78.6 Å². The van der Waals surface area contributed by atoms with Crippen LogP contribution in [0.15, 0.2) is 43.0 Å². The molecule has 4 aromatic rings. The van der Waals surface area contributed by atoms with Crippen molar-refractivity contribution in [3.05, 3.63) is 54.2 Å². The summed E-state index contributed by atoms with van der Waals surface area (Å²) in [6.45, 7) is 2.75. The van der Waals surface area contributed by atoms with E-state index in [9.17, 15) is 4.79 Å². The van der Waals surface area contributed by atoms with E-state index in [2.05, 4.69) is 47.6 Å². The molecule has 1 amide bonds. The van der Waals surface area contributed by atoms with Gasteiger partial charge in [-0.2, -0.15) is 0 Å². The minimum atomic E-state index is -0.675. The second kappa shape index (κ2) is 14.2. The SMILES string of the molecule is CNc1nc(Nc2ccc(CN3CCCC3)cc2)c(C(N)=O)nc1-c1cncc2c1ncn2C.O=CO.O=CO. The van der Waals surface area contributed by atoms with E-state index >= 15 is 0 Å². The summed E-state index contributed by atoms with van der Waals surface area (Å²) in [7, 11) is 3.64. The average molecular weight is 550 g/mol. The van der Waals surface area contributed by atoms with E-state index in [1.54, 1.807) is 25.8 Å². The van der Waals surface area contributed by atoms with Crippen molar-refractivity contribution >= 4 is 47.2 Å². The molecule has 1 fully saturated rings. The molecule has 5 rings (SSSR count). The molecule has 3 aromatic heterocycles. The van der Waals surface area contributed by atoms with Crippen molar-refractivity contribution in [1.82, 2.24) is 29.4 Å². The van der Waals surface area contributed by atoms with Gasteiger partial charge in [-0.05, 0) is 43.6 Å². The van der Waals surface area contributed by atoms with Gasteiger partial charge in [-0.15, -0.1) is 0 Å². The largest absolute Gasteiger partial charge is 0.483 e. The highest BCUT2D eigenvalue weighted by atomic mass is 16.3. The molecule has 1 aliphatic heterocycles. The first-order chi connectivity index (χ1) is 19.4. The number of pyridine rings is 1. The molecule has 4 heterocycles. The molecule has 1 aromatic carbocycles. The van der Waals surface area contributed by atoms with Gasteiger partial charge in [0, 0.05) is 32.5 Å². The Morgan fingerprint density at radius 3 is 2.30 bits per heavy atom. The summed E-state index contributed by atoms with van der Waals surface area (Å²) >= 11 is 0. The number of fused-ring (bicyclic) bond motifs is 1. The van der Waals surface area contributed by atoms with Crippen molar-refractivity contribution in [3.63, 3.8) is 0 Å². The van der Waals surface area contributed by atoms with Gasteiger partial charge in [0.25, 0.3) is 18.9 Å². The molecular formula is C26H31N9O5. The standard InChI is InChI=1S/C24H27N9O.2CH2O2/c1-26-23-20(17-11-27-12-18-19(17)28-14-32(18)2)30-21(22(25)34)24(31-23)29-16-7-5-15(6-8-16)13-33-9-3-4-10-33;2*2-1-3/h5-8,11-12,14H,3-4,9-10,13H2,1-2H3,(H2,25,34)(H2,26,29,31);2*1H,(H,2,3). The lowest BCUT2D eigenvalue weighted by Gasteiger charge is -2.16. The molecule has 0 unspecified atom stereocenters. The van der Waals surface area contributed by atoms with E-state index in [4.69, 9.17) is 25.5 Å². The van der Waals surface area contributed by atoms with Gasteiger partial charge in [0.2, 0.25) is 0 Å². The lowest BCUT2D eigenvalue weighted by molar-refractivity contribution is -0.123. The second-order valence-electron chi connectivity index (χ2n) is 8.66. The van der Waals surface area contributed by atoms with Crippen LogP contribution >= 0.6 is 0 Å². The molecule has 0 aliphatic carbocycles. The summed E-state index contributed by atoms with van der Waals surface area (Å²) in [5.41, 5.74) is 10.5. The lowest BCUT2D eigenvalue weighted by Crippen LogP contribution is -2.18. The van der Waals surface area contributed by atoms with Crippen molar-refractivity contribution in [2.45, 2.75) is 19.4 Å². The Balaban J connectivity index is 0.000000676. The molecular weight excluding hydrogens is 518 g/mol. The molecule has 0 saturated carbocycles. The zero-order valence-electron chi connectivity index (χ0n) is 22.1. The third-order valence-electron chi connectivity index (χ3n) is 6.08. The van der Waals surface area contributed by atoms with E-state index in [1.165, 1.54) is 18.4 Å². The molecule has 0 bridgehead atoms. The number of anilines is 3. The molecule has 40 heavy (non-hydrogen) atoms. The first-order valence-electron chi connectivity index (χ1n) is 12.3. The van der Waals surface area contributed by atoms with Gasteiger partial charge < -0.3 is 31.1 Å². The number of carbonyl (C=O) groups is 3. The number of aromatic nitrogens is 5. The number of aryl methyl sites for hydroxylation is 1. The van der Waals surface area contributed by atoms with Crippen LogP contribution < -0.4 is 16.4 Å². The number of hydrogen-bond donors (Lipinski definition) is 5. The summed E-state index contributed by atoms with van der Waals surface area (Å²) in [6.07, 6.45) is 7.64. The average Bonchev–Trinajstić information content (AvgIpc) is 3.60. The molecule has 14 nitrogen and oxygen atoms in total. The first-order valence-corrected chi connectivity index (χ1v) is 12.3. The Morgan fingerprint density at radius 2 is 1.70 bits per heavy atom. The molecule has 0 spiro atoms. The Labute approximate surface area is 229 Å². The number of amides is 1. The Morgan fingerprint density at radius 1 is 1.05 bits per heavy atom. The molecule has 6 N–H and O–H groups in total. The highest BCUT2D eigenvalue weighted by Crippen LogP contribution is 2.32. The summed E-state index contributed by atoms with van der Waals surface area (Å²) < 4.78 is 1.87. The Bertz CT molecular complexity index is 1450. The normalized spacial score (nSPS) is 12.4. The van der Waals surface area contributed by atoms with Crippen LogP contribution in [0, 0.1) is 0 Å². The predicted octanol–water partition coefficient (Wildman–Crippen LogP) is 2.31. The number of nitrogens with one attached hydrogen (secondary N) is 2. The van der Waals surface area contributed by atoms with E-state index in [-0.39, 0.29) is 24.5 Å². The number of nitrogens with zero attached hydrogens (tertiary/aromatic N) is 6. The van der Waals surface area contributed by atoms with E-state index < -0.39 is 5.91 Å².